The second kappa shape index (κ2) is 10.1. The number of anilines is 1. The van der Waals surface area contributed by atoms with Crippen molar-refractivity contribution in [3.05, 3.63) is 41.3 Å². The minimum absolute atomic E-state index is 0.174. The molecule has 1 saturated heterocycles. The highest BCUT2D eigenvalue weighted by molar-refractivity contribution is 5.93. The minimum Gasteiger partial charge on any atom is -0.493 e. The fourth-order valence-corrected chi connectivity index (χ4v) is 3.58. The summed E-state index contributed by atoms with van der Waals surface area (Å²) in [5.41, 5.74) is 1.48. The van der Waals surface area contributed by atoms with Crippen molar-refractivity contribution in [3.63, 3.8) is 0 Å². The van der Waals surface area contributed by atoms with E-state index in [0.29, 0.717) is 36.0 Å². The first-order valence-corrected chi connectivity index (χ1v) is 10.2. The zero-order valence-corrected chi connectivity index (χ0v) is 17.5. The number of carbonyl (C=O) groups excluding carboxylic acids is 1. The smallest absolute Gasteiger partial charge is 0.270 e. The lowest BCUT2D eigenvalue weighted by Crippen LogP contribution is -2.29. The first kappa shape index (κ1) is 20.9. The van der Waals surface area contributed by atoms with Crippen LogP contribution in [0.15, 0.2) is 24.3 Å². The maximum Gasteiger partial charge on any atom is 0.270 e. The molecule has 1 amide bonds. The van der Waals surface area contributed by atoms with Crippen LogP contribution in [0.1, 0.15) is 47.6 Å². The van der Waals surface area contributed by atoms with Crippen molar-refractivity contribution < 1.29 is 14.3 Å². The molecule has 0 radical (unpaired) electrons. The third-order valence-corrected chi connectivity index (χ3v) is 5.13. The minimum atomic E-state index is -0.174. The summed E-state index contributed by atoms with van der Waals surface area (Å²) in [7, 11) is 3.23. The third kappa shape index (κ3) is 5.59. The molecule has 7 nitrogen and oxygen atoms in total. The van der Waals surface area contributed by atoms with Crippen molar-refractivity contribution in [2.45, 2.75) is 39.0 Å². The van der Waals surface area contributed by atoms with E-state index in [0.717, 1.165) is 37.3 Å². The van der Waals surface area contributed by atoms with Crippen LogP contribution in [0.2, 0.25) is 0 Å². The zero-order valence-electron chi connectivity index (χ0n) is 17.5. The number of aromatic nitrogens is 2. The van der Waals surface area contributed by atoms with Crippen LogP contribution in [0.25, 0.3) is 0 Å². The van der Waals surface area contributed by atoms with Crippen molar-refractivity contribution >= 4 is 11.7 Å². The third-order valence-electron chi connectivity index (χ3n) is 5.13. The second-order valence-electron chi connectivity index (χ2n) is 7.26. The van der Waals surface area contributed by atoms with Gasteiger partial charge in [0.1, 0.15) is 17.3 Å². The highest BCUT2D eigenvalue weighted by Gasteiger charge is 2.16. The van der Waals surface area contributed by atoms with E-state index in [9.17, 15) is 4.79 Å². The van der Waals surface area contributed by atoms with Gasteiger partial charge in [-0.2, -0.15) is 0 Å². The van der Waals surface area contributed by atoms with E-state index in [1.807, 2.05) is 31.2 Å². The van der Waals surface area contributed by atoms with Gasteiger partial charge in [0.2, 0.25) is 0 Å². The Morgan fingerprint density at radius 2 is 1.76 bits per heavy atom. The van der Waals surface area contributed by atoms with Gasteiger partial charge < -0.3 is 19.7 Å². The first-order chi connectivity index (χ1) is 14.1. The molecule has 0 saturated carbocycles. The molecular weight excluding hydrogens is 368 g/mol. The largest absolute Gasteiger partial charge is 0.493 e. The molecule has 1 fully saturated rings. The van der Waals surface area contributed by atoms with Gasteiger partial charge in [0.15, 0.2) is 11.5 Å². The maximum atomic E-state index is 12.6. The number of carbonyl (C=O) groups is 1. The summed E-state index contributed by atoms with van der Waals surface area (Å²) in [4.78, 5) is 23.8. The average molecular weight is 399 g/mol. The average Bonchev–Trinajstić information content (AvgIpc) is 3.02. The van der Waals surface area contributed by atoms with Crippen LogP contribution >= 0.6 is 0 Å². The topological polar surface area (TPSA) is 76.6 Å². The van der Waals surface area contributed by atoms with Crippen LogP contribution in [-0.2, 0) is 6.42 Å². The lowest BCUT2D eigenvalue weighted by molar-refractivity contribution is 0.0948. The summed E-state index contributed by atoms with van der Waals surface area (Å²) < 4.78 is 10.6. The Labute approximate surface area is 172 Å². The molecule has 0 atom stereocenters. The Bertz CT molecular complexity index is 833. The lowest BCUT2D eigenvalue weighted by Gasteiger charge is -2.22. The van der Waals surface area contributed by atoms with E-state index >= 15 is 0 Å². The lowest BCUT2D eigenvalue weighted by atomic mass is 10.1. The molecule has 1 N–H and O–H groups in total. The van der Waals surface area contributed by atoms with Gasteiger partial charge in [-0.3, -0.25) is 4.79 Å². The van der Waals surface area contributed by atoms with E-state index in [1.165, 1.54) is 12.8 Å². The molecule has 0 spiro atoms. The van der Waals surface area contributed by atoms with E-state index < -0.39 is 0 Å². The highest BCUT2D eigenvalue weighted by atomic mass is 16.5. The van der Waals surface area contributed by atoms with Crippen LogP contribution in [0.5, 0.6) is 11.5 Å². The van der Waals surface area contributed by atoms with Gasteiger partial charge in [-0.05, 0) is 43.9 Å². The van der Waals surface area contributed by atoms with Gasteiger partial charge >= 0.3 is 0 Å². The van der Waals surface area contributed by atoms with Gasteiger partial charge in [-0.25, -0.2) is 9.97 Å². The van der Waals surface area contributed by atoms with Gasteiger partial charge in [-0.1, -0.05) is 18.9 Å². The molecule has 2 heterocycles. The van der Waals surface area contributed by atoms with E-state index in [1.54, 1.807) is 14.2 Å². The quantitative estimate of drug-likeness (QED) is 0.772. The van der Waals surface area contributed by atoms with Gasteiger partial charge in [0.25, 0.3) is 5.91 Å². The number of benzene rings is 1. The zero-order chi connectivity index (χ0) is 20.6. The number of hydrogen-bond acceptors (Lipinski definition) is 6. The summed E-state index contributed by atoms with van der Waals surface area (Å²) in [6.45, 7) is 4.31. The van der Waals surface area contributed by atoms with E-state index in [2.05, 4.69) is 20.2 Å². The van der Waals surface area contributed by atoms with Crippen molar-refractivity contribution in [1.82, 2.24) is 15.3 Å². The van der Waals surface area contributed by atoms with E-state index in [-0.39, 0.29) is 5.91 Å². The highest BCUT2D eigenvalue weighted by Crippen LogP contribution is 2.27. The number of methoxy groups -OCH3 is 2. The standard InChI is InChI=1S/C22H30N4O3/c1-16-24-18(15-21(25-16)26-12-6-4-5-7-13-26)22(27)23-11-10-17-8-9-19(28-2)20(14-17)29-3/h8-9,14-15H,4-7,10-13H2,1-3H3,(H,23,27). The molecule has 7 heteroatoms. The van der Waals surface area contributed by atoms with Gasteiger partial charge in [-0.15, -0.1) is 0 Å². The SMILES string of the molecule is COc1ccc(CCNC(=O)c2cc(N3CCCCCC3)nc(C)n2)cc1OC. The fraction of sp³-hybridized carbons (Fsp3) is 0.500. The number of nitrogens with zero attached hydrogens (tertiary/aromatic N) is 3. The number of amides is 1. The molecule has 156 valence electrons. The number of hydrogen-bond donors (Lipinski definition) is 1. The monoisotopic (exact) mass is 398 g/mol. The molecule has 1 aromatic heterocycles. The van der Waals surface area contributed by atoms with Gasteiger partial charge in [0, 0.05) is 25.7 Å². The molecule has 1 aromatic carbocycles. The Hall–Kier alpha value is -2.83. The fourth-order valence-electron chi connectivity index (χ4n) is 3.58. The molecule has 0 bridgehead atoms. The molecule has 1 aliphatic rings. The second-order valence-corrected chi connectivity index (χ2v) is 7.26. The predicted molar refractivity (Wildman–Crippen MR) is 113 cm³/mol. The number of rotatable bonds is 7. The molecule has 1 aliphatic heterocycles. The Morgan fingerprint density at radius 3 is 2.45 bits per heavy atom. The van der Waals surface area contributed by atoms with Crippen molar-refractivity contribution in [2.24, 2.45) is 0 Å². The Kier molecular flexibility index (Phi) is 7.27. The molecule has 0 unspecified atom stereocenters. The van der Waals surface area contributed by atoms with Crippen LogP contribution < -0.4 is 19.7 Å². The van der Waals surface area contributed by atoms with Crippen LogP contribution in [0.4, 0.5) is 5.82 Å². The predicted octanol–water partition coefficient (Wildman–Crippen LogP) is 3.16. The summed E-state index contributed by atoms with van der Waals surface area (Å²) in [5.74, 6) is 2.68. The van der Waals surface area contributed by atoms with Crippen molar-refractivity contribution in [2.75, 3.05) is 38.8 Å². The Morgan fingerprint density at radius 1 is 1.03 bits per heavy atom. The number of nitrogens with one attached hydrogen (secondary N) is 1. The Balaban J connectivity index is 1.62. The van der Waals surface area contributed by atoms with Crippen molar-refractivity contribution in [1.29, 1.82) is 0 Å². The van der Waals surface area contributed by atoms with Crippen LogP contribution in [-0.4, -0.2) is 49.7 Å². The number of aryl methyl sites for hydroxylation is 1. The summed E-state index contributed by atoms with van der Waals surface area (Å²) in [6.07, 6.45) is 5.52. The maximum absolute atomic E-state index is 12.6. The molecule has 29 heavy (non-hydrogen) atoms. The first-order valence-electron chi connectivity index (χ1n) is 10.2. The van der Waals surface area contributed by atoms with Crippen molar-refractivity contribution in [3.8, 4) is 11.5 Å². The van der Waals surface area contributed by atoms with Gasteiger partial charge in [0.05, 0.1) is 14.2 Å². The summed E-state index contributed by atoms with van der Waals surface area (Å²) in [5, 5.41) is 2.96. The molecule has 2 aromatic rings. The summed E-state index contributed by atoms with van der Waals surface area (Å²) >= 11 is 0. The summed E-state index contributed by atoms with van der Waals surface area (Å²) in [6, 6.07) is 7.58. The normalized spacial score (nSPS) is 14.2. The number of ether oxygens (including phenoxy) is 2. The van der Waals surface area contributed by atoms with E-state index in [4.69, 9.17) is 9.47 Å². The van der Waals surface area contributed by atoms with Crippen LogP contribution in [0, 0.1) is 6.92 Å². The molecule has 3 rings (SSSR count). The molecular formula is C22H30N4O3. The molecule has 0 aliphatic carbocycles. The van der Waals surface area contributed by atoms with Crippen LogP contribution in [0.3, 0.4) is 0 Å².